The molecule has 0 radical (unpaired) electrons. The second-order valence-corrected chi connectivity index (χ2v) is 15.6. The van der Waals surface area contributed by atoms with Crippen LogP contribution in [0.25, 0.3) is 0 Å². The highest BCUT2D eigenvalue weighted by Crippen LogP contribution is 2.60. The molecular formula is C30H32BrFN2O4Si. The zero-order chi connectivity index (χ0) is 27.9. The lowest BCUT2D eigenvalue weighted by Crippen LogP contribution is -2.45. The molecule has 39 heavy (non-hydrogen) atoms. The molecule has 0 aliphatic carbocycles. The second kappa shape index (κ2) is 10.6. The zero-order valence-corrected chi connectivity index (χ0v) is 24.7. The molecule has 0 unspecified atom stereocenters. The Morgan fingerprint density at radius 3 is 2.56 bits per heavy atom. The Morgan fingerprint density at radius 2 is 1.87 bits per heavy atom. The summed E-state index contributed by atoms with van der Waals surface area (Å²) in [7, 11) is -3.25. The highest BCUT2D eigenvalue weighted by Gasteiger charge is 2.66. The molecule has 0 bridgehead atoms. The van der Waals surface area contributed by atoms with Gasteiger partial charge in [0, 0.05) is 39.4 Å². The number of amides is 2. The van der Waals surface area contributed by atoms with Crippen LogP contribution >= 0.6 is 15.9 Å². The Hall–Kier alpha value is -2.85. The Labute approximate surface area is 237 Å². The molecule has 1 saturated heterocycles. The molecule has 4 atom stereocenters. The van der Waals surface area contributed by atoms with Gasteiger partial charge in [0.15, 0.2) is 5.60 Å². The van der Waals surface area contributed by atoms with Gasteiger partial charge in [0.25, 0.3) is 11.8 Å². The minimum atomic E-state index is -3.25. The van der Waals surface area contributed by atoms with Crippen molar-refractivity contribution >= 4 is 47.5 Å². The predicted octanol–water partition coefficient (Wildman–Crippen LogP) is 6.41. The summed E-state index contributed by atoms with van der Waals surface area (Å²) in [5.41, 5.74) is 1.66. The Kier molecular flexibility index (Phi) is 7.54. The van der Waals surface area contributed by atoms with E-state index in [1.807, 2.05) is 67.6 Å². The number of carbonyl (C=O) groups is 2. The van der Waals surface area contributed by atoms with Crippen LogP contribution in [-0.2, 0) is 21.7 Å². The Morgan fingerprint density at radius 1 is 1.13 bits per heavy atom. The summed E-state index contributed by atoms with van der Waals surface area (Å²) in [5, 5.41) is 12.6. The lowest BCUT2D eigenvalue weighted by molar-refractivity contribution is -0.146. The third-order valence-electron chi connectivity index (χ3n) is 7.90. The van der Waals surface area contributed by atoms with Crippen molar-refractivity contribution in [1.82, 2.24) is 0 Å². The van der Waals surface area contributed by atoms with E-state index in [1.54, 1.807) is 30.1 Å². The van der Waals surface area contributed by atoms with E-state index in [9.17, 15) is 14.7 Å². The molecule has 1 fully saturated rings. The Bertz CT molecular complexity index is 1400. The van der Waals surface area contributed by atoms with Crippen molar-refractivity contribution in [2.75, 3.05) is 16.8 Å². The van der Waals surface area contributed by atoms with E-state index in [-0.39, 0.29) is 31.4 Å². The fourth-order valence-corrected chi connectivity index (χ4v) is 9.20. The van der Waals surface area contributed by atoms with Crippen LogP contribution in [0.15, 0.2) is 77.3 Å². The predicted molar refractivity (Wildman–Crippen MR) is 156 cm³/mol. The maximum absolute atomic E-state index is 15.7. The number of benzene rings is 3. The van der Waals surface area contributed by atoms with Crippen molar-refractivity contribution in [1.29, 1.82) is 0 Å². The van der Waals surface area contributed by atoms with E-state index >= 15 is 4.11 Å². The maximum Gasteiger partial charge on any atom is 0.264 e. The van der Waals surface area contributed by atoms with E-state index in [1.165, 1.54) is 0 Å². The van der Waals surface area contributed by atoms with Crippen LogP contribution in [0.1, 0.15) is 34.8 Å². The van der Waals surface area contributed by atoms with Gasteiger partial charge >= 0.3 is 0 Å². The van der Waals surface area contributed by atoms with Crippen LogP contribution in [0.2, 0.25) is 18.6 Å². The van der Waals surface area contributed by atoms with Crippen LogP contribution in [0.4, 0.5) is 15.5 Å². The number of carbonyl (C=O) groups excluding carboxylic acids is 2. The number of aliphatic hydroxyl groups is 1. The van der Waals surface area contributed by atoms with E-state index in [2.05, 4.69) is 21.2 Å². The quantitative estimate of drug-likeness (QED) is 0.239. The third kappa shape index (κ3) is 4.97. The highest BCUT2D eigenvalue weighted by atomic mass is 79.9. The summed E-state index contributed by atoms with van der Waals surface area (Å²) in [6.07, 6.45) is -0.277. The number of hydrogen-bond donors (Lipinski definition) is 2. The van der Waals surface area contributed by atoms with E-state index < -0.39 is 31.6 Å². The van der Waals surface area contributed by atoms with Gasteiger partial charge in [-0.25, -0.2) is 0 Å². The number of hydrogen-bond acceptors (Lipinski definition) is 4. The summed E-state index contributed by atoms with van der Waals surface area (Å²) in [6, 6.07) is 22.0. The van der Waals surface area contributed by atoms with Crippen molar-refractivity contribution < 1.29 is 23.5 Å². The maximum atomic E-state index is 15.7. The minimum Gasteiger partial charge on any atom is -0.396 e. The minimum absolute atomic E-state index is 0.140. The van der Waals surface area contributed by atoms with Crippen LogP contribution in [0.5, 0.6) is 0 Å². The average Bonchev–Trinajstić information content (AvgIpc) is 3.31. The number of anilines is 2. The van der Waals surface area contributed by atoms with Crippen LogP contribution in [0.3, 0.4) is 0 Å². The molecule has 1 spiro atoms. The molecule has 3 aromatic carbocycles. The van der Waals surface area contributed by atoms with Crippen molar-refractivity contribution in [2.24, 2.45) is 5.92 Å². The van der Waals surface area contributed by atoms with E-state index in [0.29, 0.717) is 16.8 Å². The van der Waals surface area contributed by atoms with Gasteiger partial charge in [-0.2, -0.15) is 0 Å². The first-order valence-corrected chi connectivity index (χ1v) is 16.9. The molecule has 0 saturated carbocycles. The molecule has 5 rings (SSSR count). The van der Waals surface area contributed by atoms with Gasteiger partial charge in [-0.3, -0.25) is 9.59 Å². The third-order valence-corrected chi connectivity index (χ3v) is 10.8. The molecular weight excluding hydrogens is 579 g/mol. The van der Waals surface area contributed by atoms with Gasteiger partial charge in [0.05, 0.1) is 18.3 Å². The SMILES string of the molecule is C[C@H]1[C@H]([Si](C)(C)F)[C@@H](CCO)O[C@]12C(=O)N(Cc1cccc(NC(=O)c3ccccc3)c1)c1ccc(Br)cc12. The molecule has 2 amide bonds. The lowest BCUT2D eigenvalue weighted by Gasteiger charge is -2.31. The molecule has 2 aliphatic rings. The highest BCUT2D eigenvalue weighted by molar-refractivity contribution is 9.10. The van der Waals surface area contributed by atoms with Gasteiger partial charge < -0.3 is 24.2 Å². The molecule has 204 valence electrons. The summed E-state index contributed by atoms with van der Waals surface area (Å²) in [5.74, 6) is -0.862. The van der Waals surface area contributed by atoms with Crippen LogP contribution < -0.4 is 10.2 Å². The zero-order valence-electron chi connectivity index (χ0n) is 22.2. The molecule has 9 heteroatoms. The van der Waals surface area contributed by atoms with Crippen molar-refractivity contribution in [3.05, 3.63) is 94.0 Å². The number of aliphatic hydroxyl groups excluding tert-OH is 1. The second-order valence-electron chi connectivity index (χ2n) is 10.9. The fraction of sp³-hybridized carbons (Fsp3) is 0.333. The summed E-state index contributed by atoms with van der Waals surface area (Å²) < 4.78 is 23.0. The number of nitrogens with zero attached hydrogens (tertiary/aromatic N) is 1. The summed E-state index contributed by atoms with van der Waals surface area (Å²) >= 11 is 3.54. The van der Waals surface area contributed by atoms with Crippen LogP contribution in [-0.4, -0.2) is 38.0 Å². The topological polar surface area (TPSA) is 78.9 Å². The first-order valence-electron chi connectivity index (χ1n) is 13.1. The van der Waals surface area contributed by atoms with Crippen molar-refractivity contribution in [3.8, 4) is 0 Å². The standard InChI is InChI=1S/C30H32BrFN2O4Si/c1-19-27(39(2,3)32)26(14-15-35)38-30(19)24-17-22(31)12-13-25(24)34(29(30)37)18-20-8-7-11-23(16-20)33-28(36)21-9-5-4-6-10-21/h4-13,16-17,19,26-27,35H,14-15,18H2,1-3H3,(H,33,36)/t19-,26+,27-,30+/m0/s1. The van der Waals surface area contributed by atoms with Gasteiger partial charge in [0.2, 0.25) is 8.41 Å². The summed E-state index contributed by atoms with van der Waals surface area (Å²) in [6.45, 7) is 5.32. The number of ether oxygens (including phenoxy) is 1. The van der Waals surface area contributed by atoms with Gasteiger partial charge in [0.1, 0.15) is 0 Å². The molecule has 6 nitrogen and oxygen atoms in total. The normalized spacial score (nSPS) is 24.3. The van der Waals surface area contributed by atoms with E-state index in [4.69, 9.17) is 4.74 Å². The number of nitrogens with one attached hydrogen (secondary N) is 1. The molecule has 2 heterocycles. The molecule has 3 aromatic rings. The van der Waals surface area contributed by atoms with Crippen molar-refractivity contribution in [2.45, 2.75) is 50.2 Å². The monoisotopic (exact) mass is 610 g/mol. The van der Waals surface area contributed by atoms with Crippen LogP contribution in [0, 0.1) is 5.92 Å². The average molecular weight is 612 g/mol. The summed E-state index contributed by atoms with van der Waals surface area (Å²) in [4.78, 5) is 28.7. The number of fused-ring (bicyclic) bond motifs is 2. The molecule has 0 aromatic heterocycles. The molecule has 2 aliphatic heterocycles. The van der Waals surface area contributed by atoms with Gasteiger partial charge in [-0.05, 0) is 67.5 Å². The van der Waals surface area contributed by atoms with Gasteiger partial charge in [-0.15, -0.1) is 0 Å². The fourth-order valence-electron chi connectivity index (χ4n) is 6.30. The molecule has 2 N–H and O–H groups in total. The largest absolute Gasteiger partial charge is 0.396 e. The van der Waals surface area contributed by atoms with Crippen molar-refractivity contribution in [3.63, 3.8) is 0 Å². The number of halogens is 2. The smallest absolute Gasteiger partial charge is 0.264 e. The first-order chi connectivity index (χ1) is 18.6. The first kappa shape index (κ1) is 27.7. The van der Waals surface area contributed by atoms with Gasteiger partial charge in [-0.1, -0.05) is 53.2 Å². The lowest BCUT2D eigenvalue weighted by atomic mass is 9.82. The number of rotatable bonds is 7. The van der Waals surface area contributed by atoms with E-state index in [0.717, 1.165) is 15.7 Å². The Balaban J connectivity index is 1.48.